The third-order valence-electron chi connectivity index (χ3n) is 5.78. The van der Waals surface area contributed by atoms with Gasteiger partial charge >= 0.3 is 10.1 Å². The van der Waals surface area contributed by atoms with Gasteiger partial charge in [0.05, 0.1) is 21.8 Å². The van der Waals surface area contributed by atoms with Gasteiger partial charge in [0, 0.05) is 28.6 Å². The third kappa shape index (κ3) is 2.97. The Kier molecular flexibility index (Phi) is 4.21. The lowest BCUT2D eigenvalue weighted by molar-refractivity contribution is 0.491. The Hall–Kier alpha value is -4.23. The highest BCUT2D eigenvalue weighted by Gasteiger charge is 2.24. The summed E-state index contributed by atoms with van der Waals surface area (Å²) in [4.78, 5) is 21.3. The molecule has 0 aliphatic heterocycles. The molecular weight excluding hydrogens is 436 g/mol. The second kappa shape index (κ2) is 7.15. The van der Waals surface area contributed by atoms with Crippen LogP contribution in [0.4, 0.5) is 0 Å². The highest BCUT2D eigenvalue weighted by Crippen LogP contribution is 2.39. The summed E-state index contributed by atoms with van der Waals surface area (Å²) < 4.78 is 32.3. The molecule has 6 nitrogen and oxygen atoms in total. The number of nitrogens with zero attached hydrogens (tertiary/aromatic N) is 1. The zero-order valence-corrected chi connectivity index (χ0v) is 18.0. The maximum atomic E-state index is 13.7. The van der Waals surface area contributed by atoms with Crippen molar-refractivity contribution in [1.82, 2.24) is 9.97 Å². The summed E-state index contributed by atoms with van der Waals surface area (Å²) in [5.74, 6) is 0.0897. The molecule has 0 unspecified atom stereocenters. The van der Waals surface area contributed by atoms with Crippen LogP contribution in [0.2, 0.25) is 0 Å². The van der Waals surface area contributed by atoms with E-state index in [0.717, 1.165) is 10.8 Å². The predicted molar refractivity (Wildman–Crippen MR) is 129 cm³/mol. The number of pyridine rings is 2. The quantitative estimate of drug-likeness (QED) is 0.228. The minimum Gasteiger partial charge on any atom is -0.378 e. The van der Waals surface area contributed by atoms with E-state index in [2.05, 4.69) is 9.97 Å². The van der Waals surface area contributed by atoms with Gasteiger partial charge in [0.25, 0.3) is 0 Å². The Bertz CT molecular complexity index is 1880. The van der Waals surface area contributed by atoms with Gasteiger partial charge in [-0.3, -0.25) is 9.78 Å². The standard InChI is InChI=1S/C26H16N2O4S/c29-25-19-12-10-17-7-5-15-28-24(17)22(19)26(32-33(30,31)18-8-2-1-3-9-18)20-13-11-16-6-4-14-27-23(16)21(20)25/h1-15,27H. The minimum atomic E-state index is -4.17. The zero-order valence-electron chi connectivity index (χ0n) is 17.1. The van der Waals surface area contributed by atoms with Crippen LogP contribution in [0.1, 0.15) is 0 Å². The first kappa shape index (κ1) is 19.5. The fraction of sp³-hybridized carbons (Fsp3) is 0. The molecule has 0 bridgehead atoms. The van der Waals surface area contributed by atoms with E-state index in [0.29, 0.717) is 32.6 Å². The van der Waals surface area contributed by atoms with Crippen LogP contribution in [-0.4, -0.2) is 18.4 Å². The number of nitrogens with one attached hydrogen (secondary N) is 1. The summed E-state index contributed by atoms with van der Waals surface area (Å²) in [6, 6.07) is 22.4. The van der Waals surface area contributed by atoms with Crippen molar-refractivity contribution >= 4 is 53.5 Å². The Morgan fingerprint density at radius 1 is 0.758 bits per heavy atom. The predicted octanol–water partition coefficient (Wildman–Crippen LogP) is 5.15. The van der Waals surface area contributed by atoms with Crippen molar-refractivity contribution in [2.75, 3.05) is 0 Å². The molecule has 2 heterocycles. The van der Waals surface area contributed by atoms with Crippen LogP contribution in [0, 0.1) is 0 Å². The summed E-state index contributed by atoms with van der Waals surface area (Å²) in [6.45, 7) is 0. The van der Waals surface area contributed by atoms with Crippen molar-refractivity contribution in [2.45, 2.75) is 4.90 Å². The average molecular weight is 452 g/mol. The Balaban J connectivity index is 1.82. The molecule has 4 aromatic carbocycles. The van der Waals surface area contributed by atoms with Gasteiger partial charge in [-0.25, -0.2) is 0 Å². The normalized spacial score (nSPS) is 12.0. The molecule has 0 saturated carbocycles. The maximum Gasteiger partial charge on any atom is 0.339 e. The fourth-order valence-corrected chi connectivity index (χ4v) is 5.27. The number of hydrogen-bond acceptors (Lipinski definition) is 5. The number of hydrogen-bond donors (Lipinski definition) is 1. The molecule has 0 aliphatic rings. The van der Waals surface area contributed by atoms with E-state index in [9.17, 15) is 13.2 Å². The van der Waals surface area contributed by atoms with Crippen molar-refractivity contribution in [3.05, 3.63) is 101 Å². The van der Waals surface area contributed by atoms with Crippen LogP contribution in [0.3, 0.4) is 0 Å². The van der Waals surface area contributed by atoms with Gasteiger partial charge < -0.3 is 9.17 Å². The van der Waals surface area contributed by atoms with E-state index >= 15 is 0 Å². The third-order valence-corrected chi connectivity index (χ3v) is 7.02. The molecule has 6 aromatic rings. The average Bonchev–Trinajstić information content (AvgIpc) is 2.86. The molecule has 7 heteroatoms. The summed E-state index contributed by atoms with van der Waals surface area (Å²) >= 11 is 0. The lowest BCUT2D eigenvalue weighted by Crippen LogP contribution is -2.13. The fourth-order valence-electron chi connectivity index (χ4n) is 4.29. The van der Waals surface area contributed by atoms with Crippen LogP contribution < -0.4 is 9.61 Å². The monoisotopic (exact) mass is 452 g/mol. The number of aromatic nitrogens is 2. The molecule has 0 atom stereocenters. The van der Waals surface area contributed by atoms with Gasteiger partial charge in [-0.15, -0.1) is 0 Å². The van der Waals surface area contributed by atoms with Crippen molar-refractivity contribution in [1.29, 1.82) is 0 Å². The molecule has 0 aliphatic carbocycles. The maximum absolute atomic E-state index is 13.7. The first-order valence-electron chi connectivity index (χ1n) is 10.3. The number of benzene rings is 4. The minimum absolute atomic E-state index is 0.0260. The van der Waals surface area contributed by atoms with Gasteiger partial charge in [-0.1, -0.05) is 42.5 Å². The molecule has 0 saturated heterocycles. The van der Waals surface area contributed by atoms with Gasteiger partial charge in [-0.05, 0) is 41.8 Å². The first-order valence-corrected chi connectivity index (χ1v) is 11.7. The van der Waals surface area contributed by atoms with Crippen LogP contribution in [0.25, 0.3) is 43.4 Å². The second-order valence-corrected chi connectivity index (χ2v) is 9.24. The lowest BCUT2D eigenvalue weighted by atomic mass is 9.97. The van der Waals surface area contributed by atoms with Gasteiger partial charge in [-0.2, -0.15) is 8.42 Å². The van der Waals surface area contributed by atoms with E-state index < -0.39 is 10.1 Å². The Morgan fingerprint density at radius 2 is 1.52 bits per heavy atom. The van der Waals surface area contributed by atoms with E-state index in [1.54, 1.807) is 48.8 Å². The van der Waals surface area contributed by atoms with E-state index in [-0.39, 0.29) is 16.1 Å². The number of fused-ring (bicyclic) bond motifs is 6. The van der Waals surface area contributed by atoms with E-state index in [1.165, 1.54) is 12.1 Å². The summed E-state index contributed by atoms with van der Waals surface area (Å²) in [5, 5.41) is 3.10. The molecule has 0 amide bonds. The summed E-state index contributed by atoms with van der Waals surface area (Å²) in [6.07, 6.45) is 3.34. The van der Waals surface area contributed by atoms with Gasteiger partial charge in [0.2, 0.25) is 0 Å². The molecule has 1 N–H and O–H groups in total. The highest BCUT2D eigenvalue weighted by atomic mass is 32.2. The number of H-pyrrole nitrogens is 1. The molecule has 0 fully saturated rings. The smallest absolute Gasteiger partial charge is 0.339 e. The van der Waals surface area contributed by atoms with Crippen molar-refractivity contribution in [3.8, 4) is 5.75 Å². The van der Waals surface area contributed by atoms with Gasteiger partial charge in [0.1, 0.15) is 4.90 Å². The van der Waals surface area contributed by atoms with Crippen LogP contribution >= 0.6 is 0 Å². The largest absolute Gasteiger partial charge is 0.378 e. The molecular formula is C26H16N2O4S. The molecule has 0 radical (unpaired) electrons. The Morgan fingerprint density at radius 3 is 2.36 bits per heavy atom. The van der Waals surface area contributed by atoms with Crippen molar-refractivity contribution in [2.24, 2.45) is 0 Å². The first-order chi connectivity index (χ1) is 16.0. The summed E-state index contributed by atoms with van der Waals surface area (Å²) in [7, 11) is -4.17. The van der Waals surface area contributed by atoms with Gasteiger partial charge in [0.15, 0.2) is 11.2 Å². The van der Waals surface area contributed by atoms with Crippen LogP contribution in [-0.2, 0) is 10.1 Å². The van der Waals surface area contributed by atoms with E-state index in [1.807, 2.05) is 30.3 Å². The summed E-state index contributed by atoms with van der Waals surface area (Å²) in [5.41, 5.74) is 0.902. The van der Waals surface area contributed by atoms with E-state index in [4.69, 9.17) is 4.18 Å². The molecule has 2 aromatic heterocycles. The zero-order chi connectivity index (χ0) is 22.6. The molecule has 0 spiro atoms. The molecule has 33 heavy (non-hydrogen) atoms. The van der Waals surface area contributed by atoms with Crippen molar-refractivity contribution < 1.29 is 12.6 Å². The number of rotatable bonds is 3. The SMILES string of the molecule is O=c1c2ccc3cccnc3c2c(OS(=O)(=O)c2ccccc2)c2ccc3ccc[nH]c3c12. The highest BCUT2D eigenvalue weighted by molar-refractivity contribution is 7.87. The second-order valence-electron chi connectivity index (χ2n) is 7.69. The molecule has 160 valence electrons. The number of aromatic amines is 1. The van der Waals surface area contributed by atoms with Crippen molar-refractivity contribution in [3.63, 3.8) is 0 Å². The topological polar surface area (TPSA) is 89.1 Å². The Labute approximate surface area is 188 Å². The van der Waals surface area contributed by atoms with Crippen LogP contribution in [0.5, 0.6) is 5.75 Å². The molecule has 6 rings (SSSR count). The van der Waals surface area contributed by atoms with Crippen LogP contribution in [0.15, 0.2) is 101 Å². The lowest BCUT2D eigenvalue weighted by Gasteiger charge is -2.15.